The van der Waals surface area contributed by atoms with Gasteiger partial charge in [0.2, 0.25) is 0 Å². The predicted octanol–water partition coefficient (Wildman–Crippen LogP) is 6.31. The minimum Gasteiger partial charge on any atom is -0.329 e. The van der Waals surface area contributed by atoms with Gasteiger partial charge < -0.3 is 9.88 Å². The molecule has 1 aliphatic carbocycles. The summed E-state index contributed by atoms with van der Waals surface area (Å²) in [6, 6.07) is 16.0. The van der Waals surface area contributed by atoms with Crippen molar-refractivity contribution in [3.8, 4) is 6.07 Å². The van der Waals surface area contributed by atoms with E-state index in [1.807, 2.05) is 48.9 Å². The van der Waals surface area contributed by atoms with E-state index in [9.17, 15) is 0 Å². The van der Waals surface area contributed by atoms with Gasteiger partial charge in [0, 0.05) is 25.3 Å². The normalized spacial score (nSPS) is 16.3. The second kappa shape index (κ2) is 10.8. The molecule has 1 aliphatic rings. The van der Waals surface area contributed by atoms with Crippen LogP contribution in [0.2, 0.25) is 10.0 Å². The van der Waals surface area contributed by atoms with Crippen molar-refractivity contribution in [3.63, 3.8) is 0 Å². The number of rotatable bonds is 7. The van der Waals surface area contributed by atoms with E-state index in [2.05, 4.69) is 33.1 Å². The van der Waals surface area contributed by atoms with Gasteiger partial charge in [0.1, 0.15) is 0 Å². The number of hydrogen-bond acceptors (Lipinski definition) is 3. The van der Waals surface area contributed by atoms with E-state index < -0.39 is 0 Å². The van der Waals surface area contributed by atoms with E-state index in [0.717, 1.165) is 49.2 Å². The Kier molecular flexibility index (Phi) is 7.65. The van der Waals surface area contributed by atoms with Gasteiger partial charge in [0.25, 0.3) is 0 Å². The molecule has 164 valence electrons. The molecule has 0 bridgehead atoms. The Morgan fingerprint density at radius 2 is 1.97 bits per heavy atom. The summed E-state index contributed by atoms with van der Waals surface area (Å²) in [4.78, 5) is 4.35. The van der Waals surface area contributed by atoms with Crippen LogP contribution in [-0.4, -0.2) is 15.6 Å². The zero-order valence-corrected chi connectivity index (χ0v) is 19.4. The van der Waals surface area contributed by atoms with Gasteiger partial charge in [0.15, 0.2) is 0 Å². The van der Waals surface area contributed by atoms with Crippen molar-refractivity contribution in [2.75, 3.05) is 0 Å². The highest BCUT2D eigenvalue weighted by molar-refractivity contribution is 6.42. The molecule has 6 heteroatoms. The first-order chi connectivity index (χ1) is 15.6. The third-order valence-corrected chi connectivity index (χ3v) is 6.79. The van der Waals surface area contributed by atoms with Crippen molar-refractivity contribution >= 4 is 23.2 Å². The molecular formula is C26H26Cl2N4. The van der Waals surface area contributed by atoms with Crippen LogP contribution in [0.1, 0.15) is 48.1 Å². The van der Waals surface area contributed by atoms with Gasteiger partial charge >= 0.3 is 0 Å². The van der Waals surface area contributed by atoms with Gasteiger partial charge in [-0.05, 0) is 55.0 Å². The van der Waals surface area contributed by atoms with E-state index in [0.29, 0.717) is 21.7 Å². The van der Waals surface area contributed by atoms with Crippen LogP contribution in [0.15, 0.2) is 66.6 Å². The van der Waals surface area contributed by atoms with Gasteiger partial charge in [-0.25, -0.2) is 4.98 Å². The molecule has 1 heterocycles. The maximum atomic E-state index is 8.98. The monoisotopic (exact) mass is 464 g/mol. The number of allylic oxidation sites excluding steroid dienone is 1. The van der Waals surface area contributed by atoms with Gasteiger partial charge in [-0.2, -0.15) is 5.26 Å². The maximum Gasteiger partial charge on any atom is 0.0991 e. The number of nitrogens with one attached hydrogen (secondary N) is 1. The number of nitrogens with zero attached hydrogens (tertiary/aromatic N) is 3. The van der Waals surface area contributed by atoms with Gasteiger partial charge in [-0.15, -0.1) is 0 Å². The van der Waals surface area contributed by atoms with Gasteiger partial charge in [-0.3, -0.25) is 0 Å². The quantitative estimate of drug-likeness (QED) is 0.416. The summed E-state index contributed by atoms with van der Waals surface area (Å²) in [5.41, 5.74) is 5.47. The molecule has 4 nitrogen and oxygen atoms in total. The number of halogens is 2. The van der Waals surface area contributed by atoms with E-state index in [-0.39, 0.29) is 0 Å². The summed E-state index contributed by atoms with van der Waals surface area (Å²) in [5.74, 6) is 0. The summed E-state index contributed by atoms with van der Waals surface area (Å²) >= 11 is 12.6. The molecule has 0 fully saturated rings. The van der Waals surface area contributed by atoms with Crippen LogP contribution in [-0.2, 0) is 19.5 Å². The largest absolute Gasteiger partial charge is 0.329 e. The lowest BCUT2D eigenvalue weighted by Crippen LogP contribution is -2.27. The minimum absolute atomic E-state index is 0.323. The van der Waals surface area contributed by atoms with Crippen molar-refractivity contribution in [1.29, 1.82) is 5.26 Å². The highest BCUT2D eigenvalue weighted by Crippen LogP contribution is 2.29. The van der Waals surface area contributed by atoms with Crippen LogP contribution < -0.4 is 5.32 Å². The average Bonchev–Trinajstić information content (AvgIpc) is 3.12. The first-order valence-electron chi connectivity index (χ1n) is 11.0. The molecule has 0 spiro atoms. The van der Waals surface area contributed by atoms with Crippen molar-refractivity contribution in [1.82, 2.24) is 14.9 Å². The Morgan fingerprint density at radius 3 is 2.78 bits per heavy atom. The van der Waals surface area contributed by atoms with E-state index in [4.69, 9.17) is 28.5 Å². The summed E-state index contributed by atoms with van der Waals surface area (Å²) in [6.45, 7) is 1.49. The molecule has 32 heavy (non-hydrogen) atoms. The lowest BCUT2D eigenvalue weighted by atomic mass is 10.0. The molecule has 3 aromatic rings. The molecule has 0 amide bonds. The molecule has 1 unspecified atom stereocenters. The van der Waals surface area contributed by atoms with Crippen LogP contribution in [0.3, 0.4) is 0 Å². The molecule has 0 saturated heterocycles. The Hall–Kier alpha value is -2.58. The zero-order chi connectivity index (χ0) is 22.3. The molecule has 0 saturated carbocycles. The molecule has 0 radical (unpaired) electrons. The second-order valence-corrected chi connectivity index (χ2v) is 9.05. The molecule has 1 N–H and O–H groups in total. The number of hydrogen-bond donors (Lipinski definition) is 1. The third-order valence-electron chi connectivity index (χ3n) is 5.93. The van der Waals surface area contributed by atoms with E-state index >= 15 is 0 Å². The molecule has 1 atom stereocenters. The summed E-state index contributed by atoms with van der Waals surface area (Å²) in [6.07, 6.45) is 11.6. The van der Waals surface area contributed by atoms with Crippen molar-refractivity contribution in [2.24, 2.45) is 0 Å². The second-order valence-electron chi connectivity index (χ2n) is 8.27. The van der Waals surface area contributed by atoms with E-state index in [1.54, 1.807) is 0 Å². The van der Waals surface area contributed by atoms with Crippen molar-refractivity contribution in [2.45, 2.75) is 51.2 Å². The fourth-order valence-corrected chi connectivity index (χ4v) is 4.55. The van der Waals surface area contributed by atoms with Crippen molar-refractivity contribution < 1.29 is 0 Å². The summed E-state index contributed by atoms with van der Waals surface area (Å²) < 4.78 is 2.15. The molecule has 2 aromatic carbocycles. The average molecular weight is 465 g/mol. The number of nitriles is 1. The van der Waals surface area contributed by atoms with Crippen LogP contribution in [0.5, 0.6) is 0 Å². The van der Waals surface area contributed by atoms with Crippen LogP contribution in [0, 0.1) is 11.3 Å². The van der Waals surface area contributed by atoms with E-state index in [1.165, 1.54) is 18.4 Å². The smallest absolute Gasteiger partial charge is 0.0991 e. The Balaban J connectivity index is 1.40. The fourth-order valence-electron chi connectivity index (χ4n) is 4.16. The molecular weight excluding hydrogens is 439 g/mol. The Morgan fingerprint density at radius 1 is 1.12 bits per heavy atom. The van der Waals surface area contributed by atoms with Gasteiger partial charge in [-0.1, -0.05) is 65.5 Å². The first kappa shape index (κ1) is 22.6. The number of imidazole rings is 1. The zero-order valence-electron chi connectivity index (χ0n) is 17.9. The Bertz CT molecular complexity index is 1130. The van der Waals surface area contributed by atoms with Gasteiger partial charge in [0.05, 0.1) is 33.7 Å². The fraction of sp³-hybridized carbons (Fsp3) is 0.308. The predicted molar refractivity (Wildman–Crippen MR) is 130 cm³/mol. The SMILES string of the molecule is N#Cc1ccc(Cn2cncc2CNC2C=C(Cc3cccc(Cl)c3Cl)CCCC2)cc1. The molecule has 1 aromatic heterocycles. The molecule has 4 rings (SSSR count). The third kappa shape index (κ3) is 5.81. The summed E-state index contributed by atoms with van der Waals surface area (Å²) in [7, 11) is 0. The number of benzene rings is 2. The first-order valence-corrected chi connectivity index (χ1v) is 11.7. The highest BCUT2D eigenvalue weighted by Gasteiger charge is 2.15. The highest BCUT2D eigenvalue weighted by atomic mass is 35.5. The minimum atomic E-state index is 0.323. The molecule has 0 aliphatic heterocycles. The van der Waals surface area contributed by atoms with Crippen LogP contribution in [0.25, 0.3) is 0 Å². The number of aromatic nitrogens is 2. The topological polar surface area (TPSA) is 53.6 Å². The lowest BCUT2D eigenvalue weighted by Gasteiger charge is -2.16. The maximum absolute atomic E-state index is 8.98. The summed E-state index contributed by atoms with van der Waals surface area (Å²) in [5, 5.41) is 14.0. The van der Waals surface area contributed by atoms with Crippen LogP contribution in [0.4, 0.5) is 0 Å². The van der Waals surface area contributed by atoms with Crippen molar-refractivity contribution in [3.05, 3.63) is 99.1 Å². The van der Waals surface area contributed by atoms with Crippen LogP contribution >= 0.6 is 23.2 Å². The standard InChI is InChI=1S/C26H26Cl2N4/c27-25-7-3-5-22(26(25)28)12-21-4-1-2-6-23(13-21)31-16-24-15-30-18-32(24)17-20-10-8-19(14-29)9-11-20/h3,5,7-11,13,15,18,23,31H,1-2,4,6,12,16-17H2. The lowest BCUT2D eigenvalue weighted by molar-refractivity contribution is 0.525. The Labute approximate surface area is 199 Å².